The molecule has 3 rings (SSSR count). The van der Waals surface area contributed by atoms with Crippen LogP contribution in [-0.2, 0) is 9.53 Å². The summed E-state index contributed by atoms with van der Waals surface area (Å²) < 4.78 is 11.0. The van der Waals surface area contributed by atoms with Crippen LogP contribution in [0.15, 0.2) is 52.1 Å². The van der Waals surface area contributed by atoms with Gasteiger partial charge in [0, 0.05) is 11.3 Å². The van der Waals surface area contributed by atoms with E-state index >= 15 is 0 Å². The van der Waals surface area contributed by atoms with E-state index in [1.54, 1.807) is 32.0 Å². The largest absolute Gasteiger partial charge is 0.463 e. The second kappa shape index (κ2) is 7.03. The fourth-order valence-electron chi connectivity index (χ4n) is 2.70. The number of nitrogens with one attached hydrogen (secondary N) is 2. The number of hydrogen-bond acceptors (Lipinski definition) is 4. The Morgan fingerprint density at radius 1 is 1.28 bits per heavy atom. The van der Waals surface area contributed by atoms with Crippen molar-refractivity contribution in [3.63, 3.8) is 0 Å². The first-order chi connectivity index (χ1) is 12.0. The molecule has 0 bridgehead atoms. The first-order valence-corrected chi connectivity index (χ1v) is 8.19. The molecule has 25 heavy (non-hydrogen) atoms. The van der Waals surface area contributed by atoms with Crippen LogP contribution in [0.3, 0.4) is 0 Å². The van der Waals surface area contributed by atoms with Gasteiger partial charge in [-0.05, 0) is 38.1 Å². The lowest BCUT2D eigenvalue weighted by Crippen LogP contribution is -2.45. The third kappa shape index (κ3) is 3.39. The number of halogens is 1. The van der Waals surface area contributed by atoms with Gasteiger partial charge < -0.3 is 19.8 Å². The molecular weight excluding hydrogens is 344 g/mol. The Morgan fingerprint density at radius 3 is 2.76 bits per heavy atom. The summed E-state index contributed by atoms with van der Waals surface area (Å²) in [5.41, 5.74) is 1.47. The number of furan rings is 1. The minimum Gasteiger partial charge on any atom is -0.463 e. The zero-order valence-corrected chi connectivity index (χ0v) is 14.5. The highest BCUT2D eigenvalue weighted by Gasteiger charge is 2.34. The van der Waals surface area contributed by atoms with Gasteiger partial charge in [0.1, 0.15) is 17.6 Å². The van der Waals surface area contributed by atoms with Crippen molar-refractivity contribution < 1.29 is 18.7 Å². The number of allylic oxidation sites excluding steroid dienone is 1. The molecule has 2 aromatic rings. The number of urea groups is 1. The van der Waals surface area contributed by atoms with Crippen molar-refractivity contribution in [3.8, 4) is 11.3 Å². The van der Waals surface area contributed by atoms with E-state index < -0.39 is 18.0 Å². The molecule has 0 spiro atoms. The Balaban J connectivity index is 1.99. The van der Waals surface area contributed by atoms with Crippen molar-refractivity contribution in [1.82, 2.24) is 10.6 Å². The van der Waals surface area contributed by atoms with Crippen LogP contribution < -0.4 is 10.6 Å². The van der Waals surface area contributed by atoms with Crippen LogP contribution in [0, 0.1) is 0 Å². The molecule has 0 saturated heterocycles. The van der Waals surface area contributed by atoms with Gasteiger partial charge in [-0.25, -0.2) is 9.59 Å². The van der Waals surface area contributed by atoms with Crippen molar-refractivity contribution in [1.29, 1.82) is 0 Å². The Kier molecular flexibility index (Phi) is 4.81. The fraction of sp³-hybridized carbons (Fsp3) is 0.222. The highest BCUT2D eigenvalue weighted by molar-refractivity contribution is 6.33. The van der Waals surface area contributed by atoms with Gasteiger partial charge in [0.05, 0.1) is 17.2 Å². The fourth-order valence-corrected chi connectivity index (χ4v) is 2.93. The SMILES string of the molecule is CCOC(=O)C1=C(C)NC(=O)N[C@@H]1c1ccc(-c2ccccc2Cl)o1. The van der Waals surface area contributed by atoms with Crippen molar-refractivity contribution in [3.05, 3.63) is 58.5 Å². The van der Waals surface area contributed by atoms with E-state index in [1.807, 2.05) is 18.2 Å². The lowest BCUT2D eigenvalue weighted by Gasteiger charge is -2.26. The number of esters is 1. The minimum atomic E-state index is -0.732. The van der Waals surface area contributed by atoms with E-state index in [1.165, 1.54) is 0 Å². The smallest absolute Gasteiger partial charge is 0.338 e. The molecule has 0 fully saturated rings. The predicted molar refractivity (Wildman–Crippen MR) is 92.9 cm³/mol. The normalized spacial score (nSPS) is 17.1. The standard InChI is InChI=1S/C18H17ClN2O4/c1-3-24-17(22)15-10(2)20-18(23)21-16(15)14-9-8-13(25-14)11-6-4-5-7-12(11)19/h4-9,16H,3H2,1-2H3,(H2,20,21,23)/t16-/m1/s1. The van der Waals surface area contributed by atoms with E-state index in [4.69, 9.17) is 20.8 Å². The van der Waals surface area contributed by atoms with Crippen LogP contribution in [0.25, 0.3) is 11.3 Å². The minimum absolute atomic E-state index is 0.235. The Labute approximate surface area is 149 Å². The zero-order valence-electron chi connectivity index (χ0n) is 13.8. The van der Waals surface area contributed by atoms with Crippen molar-refractivity contribution in [2.75, 3.05) is 6.61 Å². The molecule has 1 atom stereocenters. The van der Waals surface area contributed by atoms with Crippen molar-refractivity contribution >= 4 is 23.6 Å². The van der Waals surface area contributed by atoms with Gasteiger partial charge in [-0.15, -0.1) is 0 Å². The van der Waals surface area contributed by atoms with Crippen LogP contribution in [0.1, 0.15) is 25.6 Å². The average Bonchev–Trinajstić information content (AvgIpc) is 3.04. The van der Waals surface area contributed by atoms with Gasteiger partial charge in [-0.1, -0.05) is 23.7 Å². The molecule has 1 aromatic heterocycles. The quantitative estimate of drug-likeness (QED) is 0.813. The first-order valence-electron chi connectivity index (χ1n) is 7.81. The molecule has 130 valence electrons. The van der Waals surface area contributed by atoms with Crippen LogP contribution in [0.4, 0.5) is 4.79 Å². The van der Waals surface area contributed by atoms with Gasteiger partial charge in [0.15, 0.2) is 0 Å². The number of ether oxygens (including phenoxy) is 1. The van der Waals surface area contributed by atoms with Crippen LogP contribution >= 0.6 is 11.6 Å². The topological polar surface area (TPSA) is 80.6 Å². The van der Waals surface area contributed by atoms with E-state index in [0.717, 1.165) is 5.56 Å². The Bertz CT molecular complexity index is 856. The molecule has 6 nitrogen and oxygen atoms in total. The molecule has 0 unspecified atom stereocenters. The molecule has 2 amide bonds. The summed E-state index contributed by atoms with van der Waals surface area (Å²) in [5.74, 6) is 0.467. The molecule has 0 aliphatic carbocycles. The third-order valence-electron chi connectivity index (χ3n) is 3.82. The van der Waals surface area contributed by atoms with Crippen LogP contribution in [0.5, 0.6) is 0 Å². The molecule has 2 N–H and O–H groups in total. The second-order valence-corrected chi connectivity index (χ2v) is 5.88. The van der Waals surface area contributed by atoms with Gasteiger partial charge in [0.2, 0.25) is 0 Å². The summed E-state index contributed by atoms with van der Waals surface area (Å²) in [6.07, 6.45) is 0. The number of carbonyl (C=O) groups is 2. The molecule has 7 heteroatoms. The molecular formula is C18H17ClN2O4. The second-order valence-electron chi connectivity index (χ2n) is 5.47. The van der Waals surface area contributed by atoms with E-state index in [2.05, 4.69) is 10.6 Å². The van der Waals surface area contributed by atoms with Gasteiger partial charge in [0.25, 0.3) is 0 Å². The predicted octanol–water partition coefficient (Wildman–Crippen LogP) is 3.79. The Morgan fingerprint density at radius 2 is 2.04 bits per heavy atom. The van der Waals surface area contributed by atoms with Gasteiger partial charge in [-0.2, -0.15) is 0 Å². The van der Waals surface area contributed by atoms with Gasteiger partial charge >= 0.3 is 12.0 Å². The molecule has 0 radical (unpaired) electrons. The summed E-state index contributed by atoms with van der Waals surface area (Å²) in [6, 6.07) is 9.59. The monoisotopic (exact) mass is 360 g/mol. The molecule has 1 aliphatic heterocycles. The maximum Gasteiger partial charge on any atom is 0.338 e. The summed E-state index contributed by atoms with van der Waals surface area (Å²) in [5, 5.41) is 5.83. The highest BCUT2D eigenvalue weighted by atomic mass is 35.5. The average molecular weight is 361 g/mol. The number of amides is 2. The first kappa shape index (κ1) is 17.1. The third-order valence-corrected chi connectivity index (χ3v) is 4.14. The lowest BCUT2D eigenvalue weighted by atomic mass is 10.0. The van der Waals surface area contributed by atoms with E-state index in [9.17, 15) is 9.59 Å². The summed E-state index contributed by atoms with van der Waals surface area (Å²) in [4.78, 5) is 24.1. The number of carbonyl (C=O) groups excluding carboxylic acids is 2. The summed E-state index contributed by atoms with van der Waals surface area (Å²) in [6.45, 7) is 3.61. The highest BCUT2D eigenvalue weighted by Crippen LogP contribution is 2.34. The van der Waals surface area contributed by atoms with Crippen LogP contribution in [0.2, 0.25) is 5.02 Å². The van der Waals surface area contributed by atoms with Crippen LogP contribution in [-0.4, -0.2) is 18.6 Å². The van der Waals surface area contributed by atoms with E-state index in [0.29, 0.717) is 27.8 Å². The van der Waals surface area contributed by atoms with E-state index in [-0.39, 0.29) is 6.61 Å². The summed E-state index contributed by atoms with van der Waals surface area (Å²) >= 11 is 6.20. The maximum atomic E-state index is 12.3. The lowest BCUT2D eigenvalue weighted by molar-refractivity contribution is -0.139. The molecule has 1 aliphatic rings. The maximum absolute atomic E-state index is 12.3. The number of rotatable bonds is 4. The van der Waals surface area contributed by atoms with Crippen molar-refractivity contribution in [2.45, 2.75) is 19.9 Å². The summed E-state index contributed by atoms with van der Waals surface area (Å²) in [7, 11) is 0. The molecule has 1 aromatic carbocycles. The molecule has 0 saturated carbocycles. The number of benzene rings is 1. The Hall–Kier alpha value is -2.73. The van der Waals surface area contributed by atoms with Crippen molar-refractivity contribution in [2.24, 2.45) is 0 Å². The molecule has 2 heterocycles. The zero-order chi connectivity index (χ0) is 18.0. The number of hydrogen-bond donors (Lipinski definition) is 2. The van der Waals surface area contributed by atoms with Gasteiger partial charge in [-0.3, -0.25) is 0 Å².